The second kappa shape index (κ2) is 6.80. The first-order valence-corrected chi connectivity index (χ1v) is 8.67. The van der Waals surface area contributed by atoms with Crippen LogP contribution >= 0.6 is 11.6 Å². The fourth-order valence-electron chi connectivity index (χ4n) is 3.09. The Morgan fingerprint density at radius 2 is 2.15 bits per heavy atom. The largest absolute Gasteiger partial charge is 0.332 e. The first-order valence-electron chi connectivity index (χ1n) is 8.29. The van der Waals surface area contributed by atoms with Gasteiger partial charge in [0.15, 0.2) is 0 Å². The molecule has 9 heteroatoms. The van der Waals surface area contributed by atoms with Crippen LogP contribution in [0.25, 0.3) is 10.9 Å². The minimum absolute atomic E-state index is 0.0603. The van der Waals surface area contributed by atoms with Crippen molar-refractivity contribution in [2.75, 3.05) is 24.5 Å². The second-order valence-electron chi connectivity index (χ2n) is 6.17. The molecule has 8 nitrogen and oxygen atoms in total. The third kappa shape index (κ3) is 3.28. The fraction of sp³-hybridized carbons (Fsp3) is 0.294. The van der Waals surface area contributed by atoms with Crippen molar-refractivity contribution in [3.8, 4) is 0 Å². The van der Waals surface area contributed by atoms with E-state index in [4.69, 9.17) is 11.6 Å². The van der Waals surface area contributed by atoms with Crippen LogP contribution in [0.2, 0.25) is 5.02 Å². The molecule has 1 aliphatic heterocycles. The maximum atomic E-state index is 12.5. The lowest BCUT2D eigenvalue weighted by atomic mass is 10.2. The average molecular weight is 373 g/mol. The molecular formula is C17H17ClN6O2. The van der Waals surface area contributed by atoms with E-state index in [1.165, 1.54) is 6.20 Å². The number of aromatic nitrogens is 4. The molecule has 2 aromatic heterocycles. The van der Waals surface area contributed by atoms with Crippen molar-refractivity contribution in [3.05, 3.63) is 41.8 Å². The number of nitrogens with one attached hydrogen (secondary N) is 1. The maximum Gasteiger partial charge on any atom is 0.246 e. The Bertz CT molecular complexity index is 965. The topological polar surface area (TPSA) is 87.1 Å². The van der Waals surface area contributed by atoms with Crippen molar-refractivity contribution >= 4 is 40.0 Å². The number of carbonyl (C=O) groups excluding carboxylic acids is 2. The Kier molecular flexibility index (Phi) is 4.34. The number of fused-ring (bicyclic) bond motifs is 1. The van der Waals surface area contributed by atoms with Gasteiger partial charge in [0, 0.05) is 43.3 Å². The van der Waals surface area contributed by atoms with Gasteiger partial charge in [-0.15, -0.1) is 0 Å². The molecule has 0 unspecified atom stereocenters. The van der Waals surface area contributed by atoms with Crippen LogP contribution in [0.3, 0.4) is 0 Å². The zero-order valence-corrected chi connectivity index (χ0v) is 14.7. The van der Waals surface area contributed by atoms with E-state index < -0.39 is 0 Å². The summed E-state index contributed by atoms with van der Waals surface area (Å²) in [4.78, 5) is 28.2. The Morgan fingerprint density at radius 3 is 2.92 bits per heavy atom. The summed E-state index contributed by atoms with van der Waals surface area (Å²) in [5.74, 6) is -0.149. The molecule has 2 amide bonds. The molecule has 0 aliphatic carbocycles. The zero-order valence-electron chi connectivity index (χ0n) is 13.9. The standard InChI is InChI=1S/C17H17ClN6O2/c18-13-9-20-23(10-13)4-3-16(25)22-5-6-24(17(26)11-22)14-1-2-15-12(7-14)8-19-21-15/h1-2,7-10H,3-6,11H2,(H,19,21). The first kappa shape index (κ1) is 16.6. The van der Waals surface area contributed by atoms with Gasteiger partial charge in [-0.25, -0.2) is 0 Å². The molecule has 1 fully saturated rings. The van der Waals surface area contributed by atoms with Crippen molar-refractivity contribution in [1.29, 1.82) is 0 Å². The van der Waals surface area contributed by atoms with E-state index in [0.29, 0.717) is 24.7 Å². The molecule has 1 aromatic carbocycles. The number of hydrogen-bond donors (Lipinski definition) is 1. The van der Waals surface area contributed by atoms with Crippen molar-refractivity contribution in [2.45, 2.75) is 13.0 Å². The zero-order chi connectivity index (χ0) is 18.1. The predicted molar refractivity (Wildman–Crippen MR) is 96.9 cm³/mol. The van der Waals surface area contributed by atoms with E-state index in [-0.39, 0.29) is 24.8 Å². The minimum Gasteiger partial charge on any atom is -0.332 e. The van der Waals surface area contributed by atoms with Gasteiger partial charge in [-0.2, -0.15) is 10.2 Å². The molecule has 3 heterocycles. The number of rotatable bonds is 4. The summed E-state index contributed by atoms with van der Waals surface area (Å²) in [7, 11) is 0. The number of halogens is 1. The first-order chi connectivity index (χ1) is 12.6. The van der Waals surface area contributed by atoms with Gasteiger partial charge < -0.3 is 9.80 Å². The molecule has 0 saturated carbocycles. The summed E-state index contributed by atoms with van der Waals surface area (Å²) < 4.78 is 1.62. The Balaban J connectivity index is 1.38. The highest BCUT2D eigenvalue weighted by atomic mass is 35.5. The van der Waals surface area contributed by atoms with E-state index in [2.05, 4.69) is 15.3 Å². The third-order valence-corrected chi connectivity index (χ3v) is 4.66. The molecule has 0 atom stereocenters. The van der Waals surface area contributed by atoms with Crippen LogP contribution in [0.4, 0.5) is 5.69 Å². The van der Waals surface area contributed by atoms with Crippen LogP contribution in [-0.2, 0) is 16.1 Å². The van der Waals surface area contributed by atoms with Crippen molar-refractivity contribution in [1.82, 2.24) is 24.9 Å². The molecule has 1 aliphatic rings. The number of benzene rings is 1. The molecule has 4 rings (SSSR count). The molecule has 1 saturated heterocycles. The van der Waals surface area contributed by atoms with Gasteiger partial charge in [0.25, 0.3) is 0 Å². The van der Waals surface area contributed by atoms with Gasteiger partial charge in [-0.1, -0.05) is 11.6 Å². The molecule has 26 heavy (non-hydrogen) atoms. The van der Waals surface area contributed by atoms with Crippen LogP contribution in [0.15, 0.2) is 36.8 Å². The molecule has 134 valence electrons. The van der Waals surface area contributed by atoms with Gasteiger partial charge in [0.05, 0.1) is 22.9 Å². The molecule has 0 bridgehead atoms. The SMILES string of the molecule is O=C(CCn1cc(Cl)cn1)N1CCN(c2ccc3[nH]ncc3c2)C(=O)C1. The van der Waals surface area contributed by atoms with Gasteiger partial charge in [-0.3, -0.25) is 19.4 Å². The lowest BCUT2D eigenvalue weighted by Crippen LogP contribution is -2.52. The predicted octanol–water partition coefficient (Wildman–Crippen LogP) is 1.68. The molecule has 0 radical (unpaired) electrons. The summed E-state index contributed by atoms with van der Waals surface area (Å²) in [6.07, 6.45) is 5.21. The molecular weight excluding hydrogens is 356 g/mol. The summed E-state index contributed by atoms with van der Waals surface area (Å²) >= 11 is 5.81. The maximum absolute atomic E-state index is 12.5. The number of H-pyrrole nitrogens is 1. The Hall–Kier alpha value is -2.87. The van der Waals surface area contributed by atoms with E-state index in [9.17, 15) is 9.59 Å². The van der Waals surface area contributed by atoms with Gasteiger partial charge in [-0.05, 0) is 18.2 Å². The lowest BCUT2D eigenvalue weighted by molar-refractivity contribution is -0.137. The molecule has 0 spiro atoms. The quantitative estimate of drug-likeness (QED) is 0.754. The minimum atomic E-state index is -0.0884. The lowest BCUT2D eigenvalue weighted by Gasteiger charge is -2.34. The van der Waals surface area contributed by atoms with Crippen LogP contribution < -0.4 is 4.90 Å². The number of anilines is 1. The van der Waals surface area contributed by atoms with E-state index in [1.807, 2.05) is 18.2 Å². The van der Waals surface area contributed by atoms with E-state index in [1.54, 1.807) is 26.9 Å². The fourth-order valence-corrected chi connectivity index (χ4v) is 3.24. The highest BCUT2D eigenvalue weighted by molar-refractivity contribution is 6.30. The van der Waals surface area contributed by atoms with Crippen LogP contribution in [0.5, 0.6) is 0 Å². The number of amides is 2. The number of piperazine rings is 1. The molecule has 1 N–H and O–H groups in total. The summed E-state index contributed by atoms with van der Waals surface area (Å²) in [6, 6.07) is 5.71. The highest BCUT2D eigenvalue weighted by Gasteiger charge is 2.28. The van der Waals surface area contributed by atoms with Crippen molar-refractivity contribution < 1.29 is 9.59 Å². The van der Waals surface area contributed by atoms with Crippen molar-refractivity contribution in [2.24, 2.45) is 0 Å². The number of aryl methyl sites for hydroxylation is 1. The normalized spacial score (nSPS) is 15.0. The van der Waals surface area contributed by atoms with Crippen LogP contribution in [0, 0.1) is 0 Å². The Morgan fingerprint density at radius 1 is 1.27 bits per heavy atom. The highest BCUT2D eigenvalue weighted by Crippen LogP contribution is 2.22. The van der Waals surface area contributed by atoms with Crippen LogP contribution in [-0.4, -0.2) is 56.3 Å². The smallest absolute Gasteiger partial charge is 0.246 e. The van der Waals surface area contributed by atoms with Gasteiger partial charge in [0.2, 0.25) is 11.8 Å². The van der Waals surface area contributed by atoms with Gasteiger partial charge >= 0.3 is 0 Å². The van der Waals surface area contributed by atoms with Crippen LogP contribution in [0.1, 0.15) is 6.42 Å². The summed E-state index contributed by atoms with van der Waals surface area (Å²) in [5, 5.41) is 12.4. The number of aromatic amines is 1. The van der Waals surface area contributed by atoms with E-state index in [0.717, 1.165) is 16.6 Å². The number of nitrogens with zero attached hydrogens (tertiary/aromatic N) is 5. The summed E-state index contributed by atoms with van der Waals surface area (Å²) in [5.41, 5.74) is 1.75. The monoisotopic (exact) mass is 372 g/mol. The number of hydrogen-bond acceptors (Lipinski definition) is 4. The summed E-state index contributed by atoms with van der Waals surface area (Å²) in [6.45, 7) is 1.51. The number of carbonyl (C=O) groups is 2. The molecule has 3 aromatic rings. The van der Waals surface area contributed by atoms with Gasteiger partial charge in [0.1, 0.15) is 6.54 Å². The third-order valence-electron chi connectivity index (χ3n) is 4.47. The second-order valence-corrected chi connectivity index (χ2v) is 6.61. The Labute approximate surface area is 154 Å². The van der Waals surface area contributed by atoms with Crippen molar-refractivity contribution in [3.63, 3.8) is 0 Å². The van der Waals surface area contributed by atoms with E-state index >= 15 is 0 Å². The average Bonchev–Trinajstić information content (AvgIpc) is 3.27.